The highest BCUT2D eigenvalue weighted by Crippen LogP contribution is 2.03. The minimum absolute atomic E-state index is 0.0123. The zero-order valence-electron chi connectivity index (χ0n) is 12.9. The molecule has 0 aliphatic rings. The highest BCUT2D eigenvalue weighted by Gasteiger charge is 2.24. The molecule has 0 aromatic carbocycles. The monoisotopic (exact) mass is 254 g/mol. The minimum Gasteiger partial charge on any atom is -0.292 e. The smallest absolute Gasteiger partial charge is 0.208 e. The van der Waals surface area contributed by atoms with Crippen molar-refractivity contribution < 1.29 is 14.8 Å². The lowest BCUT2D eigenvalue weighted by atomic mass is 9.97. The van der Waals surface area contributed by atoms with Crippen LogP contribution in [-0.4, -0.2) is 29.8 Å². The third-order valence-corrected chi connectivity index (χ3v) is 2.77. The van der Waals surface area contributed by atoms with Crippen LogP contribution in [0.15, 0.2) is 0 Å². The molecule has 0 bridgehead atoms. The van der Waals surface area contributed by atoms with E-state index in [4.69, 9.17) is 0 Å². The SMILES string of the molecule is CC(C)=[NH+]CCCC[C@H]([NH+]=C(C)C)C(=O)C(C)C. The van der Waals surface area contributed by atoms with Gasteiger partial charge in [0.1, 0.15) is 18.0 Å². The second-order valence-electron chi connectivity index (χ2n) is 5.68. The summed E-state index contributed by atoms with van der Waals surface area (Å²) in [7, 11) is 0. The van der Waals surface area contributed by atoms with Gasteiger partial charge in [0, 0.05) is 46.5 Å². The molecule has 3 heteroatoms. The lowest BCUT2D eigenvalue weighted by molar-refractivity contribution is -0.490. The molecule has 0 aliphatic heterocycles. The lowest BCUT2D eigenvalue weighted by Crippen LogP contribution is -2.81. The van der Waals surface area contributed by atoms with Crippen LogP contribution in [0.3, 0.4) is 0 Å². The van der Waals surface area contributed by atoms with Crippen molar-refractivity contribution >= 4 is 17.2 Å². The summed E-state index contributed by atoms with van der Waals surface area (Å²) in [4.78, 5) is 18.7. The fraction of sp³-hybridized carbons (Fsp3) is 0.800. The summed E-state index contributed by atoms with van der Waals surface area (Å²) in [5.74, 6) is 0.425. The first-order chi connectivity index (χ1) is 8.34. The van der Waals surface area contributed by atoms with Crippen LogP contribution < -0.4 is 9.98 Å². The number of rotatable bonds is 8. The van der Waals surface area contributed by atoms with Crippen LogP contribution in [0.5, 0.6) is 0 Å². The van der Waals surface area contributed by atoms with E-state index < -0.39 is 0 Å². The Bertz CT molecular complexity index is 308. The Balaban J connectivity index is 4.23. The number of carbonyl (C=O) groups excluding carboxylic acids is 1. The van der Waals surface area contributed by atoms with E-state index in [9.17, 15) is 4.79 Å². The van der Waals surface area contributed by atoms with Gasteiger partial charge >= 0.3 is 0 Å². The topological polar surface area (TPSA) is 45.0 Å². The van der Waals surface area contributed by atoms with E-state index in [0.29, 0.717) is 5.78 Å². The first-order valence-corrected chi connectivity index (χ1v) is 6.99. The van der Waals surface area contributed by atoms with Gasteiger partial charge in [-0.05, 0) is 6.42 Å². The molecule has 0 spiro atoms. The molecule has 0 saturated carbocycles. The third-order valence-electron chi connectivity index (χ3n) is 2.77. The van der Waals surface area contributed by atoms with Crippen LogP contribution >= 0.6 is 0 Å². The van der Waals surface area contributed by atoms with E-state index in [2.05, 4.69) is 23.8 Å². The van der Waals surface area contributed by atoms with Crippen molar-refractivity contribution in [1.29, 1.82) is 0 Å². The van der Waals surface area contributed by atoms with Gasteiger partial charge in [0.25, 0.3) is 0 Å². The molecular formula is C15H30N2O+2. The summed E-state index contributed by atoms with van der Waals surface area (Å²) in [6.45, 7) is 13.1. The highest BCUT2D eigenvalue weighted by molar-refractivity contribution is 5.85. The Kier molecular flexibility index (Phi) is 8.51. The molecule has 0 aromatic heterocycles. The maximum atomic E-state index is 12.1. The van der Waals surface area contributed by atoms with Crippen LogP contribution in [0.1, 0.15) is 60.8 Å². The van der Waals surface area contributed by atoms with Gasteiger partial charge in [-0.15, -0.1) is 0 Å². The molecule has 0 radical (unpaired) electrons. The maximum Gasteiger partial charge on any atom is 0.208 e. The summed E-state index contributed by atoms with van der Waals surface area (Å²) in [6, 6.07) is -0.0123. The zero-order valence-corrected chi connectivity index (χ0v) is 12.9. The standard InChI is InChI=1S/C15H28N2O/c1-11(2)15(18)14(17-13(5)6)9-7-8-10-16-12(3)4/h11,14H,7-10H2,1-6H3/p+2/t14-/m0/s1. The molecule has 3 nitrogen and oxygen atoms in total. The molecule has 0 amide bonds. The number of hydrogen-bond acceptors (Lipinski definition) is 1. The van der Waals surface area contributed by atoms with Gasteiger partial charge in [0.2, 0.25) is 11.8 Å². The second-order valence-corrected chi connectivity index (χ2v) is 5.68. The summed E-state index contributed by atoms with van der Waals surface area (Å²) < 4.78 is 0. The molecule has 0 aromatic rings. The summed E-state index contributed by atoms with van der Waals surface area (Å²) in [5, 5.41) is 0. The van der Waals surface area contributed by atoms with Crippen molar-refractivity contribution in [3.8, 4) is 0 Å². The first-order valence-electron chi connectivity index (χ1n) is 6.99. The van der Waals surface area contributed by atoms with E-state index >= 15 is 0 Å². The van der Waals surface area contributed by atoms with Crippen LogP contribution in [0.25, 0.3) is 0 Å². The van der Waals surface area contributed by atoms with E-state index in [-0.39, 0.29) is 12.0 Å². The van der Waals surface area contributed by atoms with Crippen molar-refractivity contribution in [1.82, 2.24) is 0 Å². The number of unbranched alkanes of at least 4 members (excludes halogenated alkanes) is 1. The second kappa shape index (κ2) is 9.01. The molecule has 0 fully saturated rings. The van der Waals surface area contributed by atoms with Crippen LogP contribution in [0.4, 0.5) is 0 Å². The van der Waals surface area contributed by atoms with Crippen molar-refractivity contribution in [2.45, 2.75) is 66.8 Å². The van der Waals surface area contributed by atoms with Gasteiger partial charge in [-0.1, -0.05) is 13.8 Å². The molecule has 0 unspecified atom stereocenters. The average Bonchev–Trinajstić information content (AvgIpc) is 2.24. The number of nitrogens with one attached hydrogen (secondary N) is 2. The van der Waals surface area contributed by atoms with Gasteiger partial charge in [0.15, 0.2) is 0 Å². The minimum atomic E-state index is -0.0123. The van der Waals surface area contributed by atoms with E-state index in [0.717, 1.165) is 31.5 Å². The fourth-order valence-electron chi connectivity index (χ4n) is 1.85. The number of carbonyl (C=O) groups is 1. The van der Waals surface area contributed by atoms with Crippen molar-refractivity contribution in [3.63, 3.8) is 0 Å². The molecule has 0 aliphatic carbocycles. The lowest BCUT2D eigenvalue weighted by Gasteiger charge is -2.09. The maximum absolute atomic E-state index is 12.1. The van der Waals surface area contributed by atoms with Gasteiger partial charge in [-0.3, -0.25) is 4.79 Å². The zero-order chi connectivity index (χ0) is 14.1. The Labute approximate surface area is 112 Å². The normalized spacial score (nSPS) is 12.2. The quantitative estimate of drug-likeness (QED) is 0.460. The Morgan fingerprint density at radius 2 is 1.61 bits per heavy atom. The summed E-state index contributed by atoms with van der Waals surface area (Å²) in [5.41, 5.74) is 2.37. The molecule has 2 N–H and O–H groups in total. The van der Waals surface area contributed by atoms with Gasteiger partial charge in [-0.25, -0.2) is 9.98 Å². The molecular weight excluding hydrogens is 224 g/mol. The Hall–Kier alpha value is -0.990. The third kappa shape index (κ3) is 8.15. The predicted octanol–water partition coefficient (Wildman–Crippen LogP) is -0.127. The van der Waals surface area contributed by atoms with E-state index in [1.807, 2.05) is 27.7 Å². The highest BCUT2D eigenvalue weighted by atomic mass is 16.1. The number of ketones is 1. The van der Waals surface area contributed by atoms with Crippen molar-refractivity contribution in [3.05, 3.63) is 0 Å². The largest absolute Gasteiger partial charge is 0.292 e. The van der Waals surface area contributed by atoms with Gasteiger partial charge in [-0.2, -0.15) is 0 Å². The molecule has 1 atom stereocenters. The van der Waals surface area contributed by atoms with Crippen LogP contribution in [0.2, 0.25) is 0 Å². The molecule has 0 saturated heterocycles. The fourth-order valence-corrected chi connectivity index (χ4v) is 1.85. The Morgan fingerprint density at radius 3 is 2.06 bits per heavy atom. The molecule has 104 valence electrons. The predicted molar refractivity (Wildman–Crippen MR) is 77.0 cm³/mol. The first kappa shape index (κ1) is 17.0. The van der Waals surface area contributed by atoms with Crippen LogP contribution in [-0.2, 0) is 4.79 Å². The van der Waals surface area contributed by atoms with Crippen LogP contribution in [0, 0.1) is 5.92 Å². The number of Topliss-reactive ketones (excluding diaryl/α,β-unsaturated/α-hetero) is 1. The van der Waals surface area contributed by atoms with Gasteiger partial charge in [0.05, 0.1) is 0 Å². The van der Waals surface area contributed by atoms with Gasteiger partial charge < -0.3 is 0 Å². The summed E-state index contributed by atoms with van der Waals surface area (Å²) >= 11 is 0. The molecule has 0 heterocycles. The summed E-state index contributed by atoms with van der Waals surface area (Å²) in [6.07, 6.45) is 3.10. The van der Waals surface area contributed by atoms with E-state index in [1.54, 1.807) is 0 Å². The van der Waals surface area contributed by atoms with Crippen molar-refractivity contribution in [2.75, 3.05) is 6.54 Å². The van der Waals surface area contributed by atoms with Crippen molar-refractivity contribution in [2.24, 2.45) is 5.92 Å². The van der Waals surface area contributed by atoms with E-state index in [1.165, 1.54) is 5.71 Å². The number of hydrogen-bond donors (Lipinski definition) is 2. The Morgan fingerprint density at radius 1 is 1.00 bits per heavy atom. The molecule has 18 heavy (non-hydrogen) atoms. The average molecular weight is 254 g/mol. The molecule has 0 rings (SSSR count).